The molecule has 1 aromatic carbocycles. The number of carbonyl (C=O) groups excluding carboxylic acids is 1. The maximum atomic E-state index is 13.1. The number of benzene rings is 1. The van der Waals surface area contributed by atoms with Crippen LogP contribution >= 0.6 is 0 Å². The van der Waals surface area contributed by atoms with Crippen molar-refractivity contribution in [2.75, 3.05) is 13.1 Å². The lowest BCUT2D eigenvalue weighted by Crippen LogP contribution is -2.58. The Bertz CT molecular complexity index is 846. The molecule has 1 amide bonds. The summed E-state index contributed by atoms with van der Waals surface area (Å²) in [4.78, 5) is 13.2. The minimum absolute atomic E-state index is 0.0402. The number of hydrogen-bond donors (Lipinski definition) is 1. The number of amides is 1. The van der Waals surface area contributed by atoms with Gasteiger partial charge in [-0.3, -0.25) is 4.79 Å². The second-order valence-electron chi connectivity index (χ2n) is 7.36. The van der Waals surface area contributed by atoms with E-state index in [0.29, 0.717) is 19.0 Å². The van der Waals surface area contributed by atoms with Gasteiger partial charge in [-0.1, -0.05) is 6.92 Å². The fraction of sp³-hybridized carbons (Fsp3) is 0.474. The SMILES string of the molecule is CC1CN(C(=O)C(C)(O)C(F)(F)F)CCC1c1ccn(-c2ccc(F)cc2)n1. The monoisotopic (exact) mass is 399 g/mol. The van der Waals surface area contributed by atoms with E-state index in [1.165, 1.54) is 12.1 Å². The molecule has 2 heterocycles. The molecule has 1 fully saturated rings. The highest BCUT2D eigenvalue weighted by molar-refractivity contribution is 5.85. The van der Waals surface area contributed by atoms with E-state index in [1.54, 1.807) is 23.0 Å². The zero-order valence-electron chi connectivity index (χ0n) is 15.4. The molecule has 3 rings (SSSR count). The molecule has 1 aliphatic rings. The van der Waals surface area contributed by atoms with Crippen LogP contribution in [0.3, 0.4) is 0 Å². The van der Waals surface area contributed by atoms with Crippen LogP contribution in [-0.2, 0) is 4.79 Å². The van der Waals surface area contributed by atoms with Crippen molar-refractivity contribution in [2.45, 2.75) is 38.0 Å². The van der Waals surface area contributed by atoms with E-state index in [9.17, 15) is 27.5 Å². The molecule has 1 N–H and O–H groups in total. The van der Waals surface area contributed by atoms with E-state index >= 15 is 0 Å². The van der Waals surface area contributed by atoms with Gasteiger partial charge in [-0.05, 0) is 49.6 Å². The molecule has 3 atom stereocenters. The number of piperidine rings is 1. The molecule has 2 aromatic rings. The molecule has 5 nitrogen and oxygen atoms in total. The van der Waals surface area contributed by atoms with E-state index < -0.39 is 17.7 Å². The van der Waals surface area contributed by atoms with Gasteiger partial charge in [0.05, 0.1) is 11.4 Å². The number of halogens is 4. The third-order valence-corrected chi connectivity index (χ3v) is 5.24. The second kappa shape index (κ2) is 7.20. The Morgan fingerprint density at radius 1 is 1.21 bits per heavy atom. The fourth-order valence-corrected chi connectivity index (χ4v) is 3.47. The van der Waals surface area contributed by atoms with E-state index in [0.717, 1.165) is 10.6 Å². The normalized spacial score (nSPS) is 22.8. The zero-order chi connectivity index (χ0) is 20.7. The standard InChI is InChI=1S/C19H21F4N3O2/c1-12-11-25(17(27)18(2,28)19(21,22)23)9-7-15(12)16-8-10-26(24-16)14-5-3-13(20)4-6-14/h3-6,8,10,12,15,28H,7,9,11H2,1-2H3. The fourth-order valence-electron chi connectivity index (χ4n) is 3.47. The van der Waals surface area contributed by atoms with Crippen LogP contribution in [0.15, 0.2) is 36.5 Å². The van der Waals surface area contributed by atoms with Gasteiger partial charge in [0, 0.05) is 25.2 Å². The van der Waals surface area contributed by atoms with Crippen LogP contribution in [0.2, 0.25) is 0 Å². The van der Waals surface area contributed by atoms with Crippen LogP contribution in [0.4, 0.5) is 17.6 Å². The lowest BCUT2D eigenvalue weighted by molar-refractivity contribution is -0.250. The highest BCUT2D eigenvalue weighted by Crippen LogP contribution is 2.36. The molecule has 1 aliphatic heterocycles. The minimum Gasteiger partial charge on any atom is -0.373 e. The van der Waals surface area contributed by atoms with Crippen molar-refractivity contribution >= 4 is 5.91 Å². The Morgan fingerprint density at radius 2 is 1.86 bits per heavy atom. The number of carbonyl (C=O) groups is 1. The third kappa shape index (κ3) is 3.76. The van der Waals surface area contributed by atoms with Crippen LogP contribution in [0.1, 0.15) is 31.9 Å². The van der Waals surface area contributed by atoms with Crippen LogP contribution in [-0.4, -0.2) is 50.6 Å². The van der Waals surface area contributed by atoms with Crippen LogP contribution in [0.5, 0.6) is 0 Å². The first-order valence-corrected chi connectivity index (χ1v) is 8.90. The van der Waals surface area contributed by atoms with Crippen molar-refractivity contribution in [2.24, 2.45) is 5.92 Å². The van der Waals surface area contributed by atoms with Crippen molar-refractivity contribution in [3.63, 3.8) is 0 Å². The average molecular weight is 399 g/mol. The first-order chi connectivity index (χ1) is 13.0. The Labute approximate surface area is 159 Å². The summed E-state index contributed by atoms with van der Waals surface area (Å²) < 4.78 is 53.5. The number of alkyl halides is 3. The molecule has 0 radical (unpaired) electrons. The quantitative estimate of drug-likeness (QED) is 0.806. The number of nitrogens with zero attached hydrogens (tertiary/aromatic N) is 3. The molecular weight excluding hydrogens is 378 g/mol. The van der Waals surface area contributed by atoms with Crippen molar-refractivity contribution in [1.82, 2.24) is 14.7 Å². The number of aromatic nitrogens is 2. The van der Waals surface area contributed by atoms with Gasteiger partial charge in [0.1, 0.15) is 5.82 Å². The van der Waals surface area contributed by atoms with Crippen LogP contribution in [0.25, 0.3) is 5.69 Å². The molecule has 152 valence electrons. The predicted molar refractivity (Wildman–Crippen MR) is 93.3 cm³/mol. The average Bonchev–Trinajstić information content (AvgIpc) is 3.10. The number of likely N-dealkylation sites (tertiary alicyclic amines) is 1. The molecule has 0 bridgehead atoms. The summed E-state index contributed by atoms with van der Waals surface area (Å²) in [5.41, 5.74) is -1.95. The van der Waals surface area contributed by atoms with E-state index in [1.807, 2.05) is 13.0 Å². The summed E-state index contributed by atoms with van der Waals surface area (Å²) in [6.45, 7) is 2.52. The summed E-state index contributed by atoms with van der Waals surface area (Å²) in [6, 6.07) is 7.66. The third-order valence-electron chi connectivity index (χ3n) is 5.24. The van der Waals surface area contributed by atoms with Gasteiger partial charge in [0.15, 0.2) is 0 Å². The summed E-state index contributed by atoms with van der Waals surface area (Å²) >= 11 is 0. The summed E-state index contributed by atoms with van der Waals surface area (Å²) in [5, 5.41) is 14.1. The van der Waals surface area contributed by atoms with Crippen molar-refractivity contribution in [1.29, 1.82) is 0 Å². The highest BCUT2D eigenvalue weighted by Gasteiger charge is 2.57. The van der Waals surface area contributed by atoms with E-state index in [-0.39, 0.29) is 30.7 Å². The highest BCUT2D eigenvalue weighted by atomic mass is 19.4. The Hall–Kier alpha value is -2.42. The summed E-state index contributed by atoms with van der Waals surface area (Å²) in [5.74, 6) is -1.86. The zero-order valence-corrected chi connectivity index (χ0v) is 15.4. The first kappa shape index (κ1) is 20.3. The van der Waals surface area contributed by atoms with Crippen LogP contribution < -0.4 is 0 Å². The van der Waals surface area contributed by atoms with Crippen molar-refractivity contribution in [3.05, 3.63) is 48.0 Å². The minimum atomic E-state index is -5.03. The van der Waals surface area contributed by atoms with Gasteiger partial charge in [-0.25, -0.2) is 9.07 Å². The van der Waals surface area contributed by atoms with Gasteiger partial charge in [0.25, 0.3) is 5.91 Å². The molecule has 0 spiro atoms. The lowest BCUT2D eigenvalue weighted by atomic mass is 9.84. The predicted octanol–water partition coefficient (Wildman–Crippen LogP) is 3.28. The second-order valence-corrected chi connectivity index (χ2v) is 7.36. The Morgan fingerprint density at radius 3 is 2.43 bits per heavy atom. The molecule has 9 heteroatoms. The molecule has 28 heavy (non-hydrogen) atoms. The Balaban J connectivity index is 1.71. The van der Waals surface area contributed by atoms with E-state index in [2.05, 4.69) is 5.10 Å². The number of hydrogen-bond acceptors (Lipinski definition) is 3. The first-order valence-electron chi connectivity index (χ1n) is 8.90. The van der Waals surface area contributed by atoms with Gasteiger partial charge in [0.2, 0.25) is 5.60 Å². The molecular formula is C19H21F4N3O2. The van der Waals surface area contributed by atoms with Crippen molar-refractivity contribution in [3.8, 4) is 5.69 Å². The number of aliphatic hydroxyl groups is 1. The van der Waals surface area contributed by atoms with Gasteiger partial charge >= 0.3 is 6.18 Å². The molecule has 0 saturated carbocycles. The van der Waals surface area contributed by atoms with Crippen LogP contribution in [0, 0.1) is 11.7 Å². The smallest absolute Gasteiger partial charge is 0.373 e. The molecule has 1 aromatic heterocycles. The number of rotatable bonds is 3. The van der Waals surface area contributed by atoms with Gasteiger partial charge in [-0.15, -0.1) is 0 Å². The maximum Gasteiger partial charge on any atom is 0.426 e. The van der Waals surface area contributed by atoms with Gasteiger partial charge < -0.3 is 10.0 Å². The largest absolute Gasteiger partial charge is 0.426 e. The Kier molecular flexibility index (Phi) is 5.22. The lowest BCUT2D eigenvalue weighted by Gasteiger charge is -2.39. The summed E-state index contributed by atoms with van der Waals surface area (Å²) in [7, 11) is 0. The van der Waals surface area contributed by atoms with Crippen molar-refractivity contribution < 1.29 is 27.5 Å². The maximum absolute atomic E-state index is 13.1. The molecule has 1 saturated heterocycles. The topological polar surface area (TPSA) is 58.4 Å². The molecule has 0 aliphatic carbocycles. The summed E-state index contributed by atoms with van der Waals surface area (Å²) in [6.07, 6.45) is -2.86. The van der Waals surface area contributed by atoms with Gasteiger partial charge in [-0.2, -0.15) is 18.3 Å². The van der Waals surface area contributed by atoms with E-state index in [4.69, 9.17) is 0 Å². The molecule has 3 unspecified atom stereocenters.